The Morgan fingerprint density at radius 3 is 2.16 bits per heavy atom. The summed E-state index contributed by atoms with van der Waals surface area (Å²) in [5.41, 5.74) is 0.892. The van der Waals surface area contributed by atoms with Crippen LogP contribution < -0.4 is 4.72 Å². The Kier molecular flexibility index (Phi) is 5.74. The van der Waals surface area contributed by atoms with Gasteiger partial charge in [-0.3, -0.25) is 4.72 Å². The molecule has 0 spiro atoms. The minimum absolute atomic E-state index is 0.0364. The molecule has 0 fully saturated rings. The smallest absolute Gasteiger partial charge is 0.256 e. The third-order valence-corrected chi connectivity index (χ3v) is 3.44. The molecule has 0 bridgehead atoms. The molecule has 1 aromatic carbocycles. The molecule has 0 aromatic heterocycles. The van der Waals surface area contributed by atoms with Gasteiger partial charge >= 0.3 is 6.18 Å². The molecule has 0 aliphatic carbocycles. The van der Waals surface area contributed by atoms with Crippen LogP contribution in [0.15, 0.2) is 30.3 Å². The number of alkyl halides is 3. The summed E-state index contributed by atoms with van der Waals surface area (Å²) in [5.74, 6) is 0. The topological polar surface area (TPSA) is 12.0 Å². The average Bonchev–Trinajstić information content (AvgIpc) is 2.27. The van der Waals surface area contributed by atoms with E-state index in [0.29, 0.717) is 0 Å². The summed E-state index contributed by atoms with van der Waals surface area (Å²) in [5, 5.41) is 0. The molecule has 1 N–H and O–H groups in total. The normalized spacial score (nSPS) is 14.4. The predicted octanol–water partition coefficient (Wildman–Crippen LogP) is 5.11. The molecule has 0 saturated heterocycles. The van der Waals surface area contributed by atoms with E-state index in [0.717, 1.165) is 5.56 Å². The standard InChI is InChI=1S/C14H20F3NS/c1-13(2,3)19-18-12(9-10-14(15,16)17)11-7-5-4-6-8-11/h4-8,12,18H,9-10H2,1-3H3. The molecular weight excluding hydrogens is 271 g/mol. The Labute approximate surface area is 117 Å². The van der Waals surface area contributed by atoms with Crippen LogP contribution in [0.2, 0.25) is 0 Å². The first-order valence-electron chi connectivity index (χ1n) is 6.23. The van der Waals surface area contributed by atoms with Crippen LogP contribution in [0.4, 0.5) is 13.2 Å². The van der Waals surface area contributed by atoms with Crippen LogP contribution in [0.1, 0.15) is 45.2 Å². The maximum atomic E-state index is 12.4. The van der Waals surface area contributed by atoms with Gasteiger partial charge in [-0.15, -0.1) is 0 Å². The highest BCUT2D eigenvalue weighted by atomic mass is 32.2. The highest BCUT2D eigenvalue weighted by Crippen LogP contribution is 2.31. The zero-order valence-electron chi connectivity index (χ0n) is 11.4. The van der Waals surface area contributed by atoms with Gasteiger partial charge in [0.1, 0.15) is 0 Å². The van der Waals surface area contributed by atoms with E-state index in [2.05, 4.69) is 4.72 Å². The summed E-state index contributed by atoms with van der Waals surface area (Å²) in [6, 6.07) is 8.99. The van der Waals surface area contributed by atoms with Crippen molar-refractivity contribution < 1.29 is 13.2 Å². The lowest BCUT2D eigenvalue weighted by Crippen LogP contribution is -2.23. The van der Waals surface area contributed by atoms with Gasteiger partial charge in [-0.25, -0.2) is 0 Å². The Balaban J connectivity index is 2.68. The molecule has 1 aromatic rings. The summed E-state index contributed by atoms with van der Waals surface area (Å²) < 4.78 is 40.2. The van der Waals surface area contributed by atoms with Crippen LogP contribution in [0, 0.1) is 0 Å². The van der Waals surface area contributed by atoms with E-state index >= 15 is 0 Å². The van der Waals surface area contributed by atoms with Crippen molar-refractivity contribution in [3.8, 4) is 0 Å². The summed E-state index contributed by atoms with van der Waals surface area (Å²) in [7, 11) is 0. The third-order valence-electron chi connectivity index (χ3n) is 2.43. The maximum absolute atomic E-state index is 12.4. The van der Waals surface area contributed by atoms with Crippen molar-refractivity contribution >= 4 is 11.9 Å². The number of hydrogen-bond acceptors (Lipinski definition) is 2. The number of rotatable bonds is 5. The first kappa shape index (κ1) is 16.4. The Hall–Kier alpha value is -0.680. The van der Waals surface area contributed by atoms with Crippen LogP contribution in [0.5, 0.6) is 0 Å². The van der Waals surface area contributed by atoms with E-state index in [1.807, 2.05) is 51.1 Å². The highest BCUT2D eigenvalue weighted by molar-refractivity contribution is 7.98. The molecule has 0 aliphatic rings. The molecule has 19 heavy (non-hydrogen) atoms. The van der Waals surface area contributed by atoms with Gasteiger partial charge in [0.05, 0.1) is 0 Å². The second-order valence-electron chi connectivity index (χ2n) is 5.45. The van der Waals surface area contributed by atoms with Crippen LogP contribution in [0.3, 0.4) is 0 Å². The molecule has 0 aliphatic heterocycles. The fraction of sp³-hybridized carbons (Fsp3) is 0.571. The molecule has 1 nitrogen and oxygen atoms in total. The van der Waals surface area contributed by atoms with Gasteiger partial charge in [-0.1, -0.05) is 42.3 Å². The molecule has 108 valence electrons. The molecule has 0 amide bonds. The molecule has 5 heteroatoms. The number of hydrogen-bond donors (Lipinski definition) is 1. The van der Waals surface area contributed by atoms with E-state index in [9.17, 15) is 13.2 Å². The number of nitrogens with one attached hydrogen (secondary N) is 1. The third kappa shape index (κ3) is 7.47. The highest BCUT2D eigenvalue weighted by Gasteiger charge is 2.29. The SMILES string of the molecule is CC(C)(C)SNC(CCC(F)(F)F)c1ccccc1. The van der Waals surface area contributed by atoms with E-state index in [1.165, 1.54) is 11.9 Å². The Morgan fingerprint density at radius 2 is 1.68 bits per heavy atom. The second kappa shape index (κ2) is 6.66. The minimum Gasteiger partial charge on any atom is -0.256 e. The van der Waals surface area contributed by atoms with Crippen molar-refractivity contribution in [1.29, 1.82) is 0 Å². The van der Waals surface area contributed by atoms with Gasteiger partial charge in [0.2, 0.25) is 0 Å². The molecular formula is C14H20F3NS. The van der Waals surface area contributed by atoms with Gasteiger partial charge in [-0.05, 0) is 32.8 Å². The van der Waals surface area contributed by atoms with Gasteiger partial charge in [0, 0.05) is 17.2 Å². The number of benzene rings is 1. The van der Waals surface area contributed by atoms with Crippen LogP contribution in [-0.2, 0) is 0 Å². The molecule has 0 saturated carbocycles. The summed E-state index contributed by atoms with van der Waals surface area (Å²) in [6.45, 7) is 6.07. The van der Waals surface area contributed by atoms with Crippen LogP contribution in [-0.4, -0.2) is 10.9 Å². The lowest BCUT2D eigenvalue weighted by molar-refractivity contribution is -0.136. The summed E-state index contributed by atoms with van der Waals surface area (Å²) in [4.78, 5) is 0. The maximum Gasteiger partial charge on any atom is 0.389 e. The minimum atomic E-state index is -4.11. The Morgan fingerprint density at radius 1 is 1.11 bits per heavy atom. The van der Waals surface area contributed by atoms with Crippen LogP contribution >= 0.6 is 11.9 Å². The van der Waals surface area contributed by atoms with Gasteiger partial charge in [0.25, 0.3) is 0 Å². The number of halogens is 3. The first-order chi connectivity index (χ1) is 8.67. The molecule has 0 radical (unpaired) electrons. The second-order valence-corrected chi connectivity index (χ2v) is 7.11. The fourth-order valence-electron chi connectivity index (χ4n) is 1.53. The van der Waals surface area contributed by atoms with E-state index in [4.69, 9.17) is 0 Å². The average molecular weight is 291 g/mol. The Bertz CT molecular complexity index is 353. The summed E-state index contributed by atoms with van der Waals surface area (Å²) in [6.07, 6.45) is -4.83. The fourth-order valence-corrected chi connectivity index (χ4v) is 2.28. The van der Waals surface area contributed by atoms with E-state index < -0.39 is 12.6 Å². The van der Waals surface area contributed by atoms with Crippen LogP contribution in [0.25, 0.3) is 0 Å². The van der Waals surface area contributed by atoms with E-state index in [-0.39, 0.29) is 17.2 Å². The van der Waals surface area contributed by atoms with E-state index in [1.54, 1.807) is 0 Å². The molecule has 1 unspecified atom stereocenters. The van der Waals surface area contributed by atoms with Crippen molar-refractivity contribution in [2.45, 2.75) is 50.6 Å². The molecule has 1 atom stereocenters. The van der Waals surface area contributed by atoms with Crippen molar-refractivity contribution in [3.05, 3.63) is 35.9 Å². The lowest BCUT2D eigenvalue weighted by atomic mass is 10.0. The summed E-state index contributed by atoms with van der Waals surface area (Å²) >= 11 is 1.47. The van der Waals surface area contributed by atoms with Gasteiger partial charge < -0.3 is 0 Å². The van der Waals surface area contributed by atoms with Crippen molar-refractivity contribution in [2.75, 3.05) is 0 Å². The van der Waals surface area contributed by atoms with Crippen molar-refractivity contribution in [2.24, 2.45) is 0 Å². The predicted molar refractivity (Wildman–Crippen MR) is 75.0 cm³/mol. The quantitative estimate of drug-likeness (QED) is 0.757. The lowest BCUT2D eigenvalue weighted by Gasteiger charge is -2.25. The zero-order valence-corrected chi connectivity index (χ0v) is 12.2. The zero-order chi connectivity index (χ0) is 14.5. The molecule has 0 heterocycles. The van der Waals surface area contributed by atoms with Gasteiger partial charge in [-0.2, -0.15) is 13.2 Å². The first-order valence-corrected chi connectivity index (χ1v) is 7.04. The largest absolute Gasteiger partial charge is 0.389 e. The van der Waals surface area contributed by atoms with Gasteiger partial charge in [0.15, 0.2) is 0 Å². The monoisotopic (exact) mass is 291 g/mol. The van der Waals surface area contributed by atoms with Crippen molar-refractivity contribution in [1.82, 2.24) is 4.72 Å². The van der Waals surface area contributed by atoms with Crippen molar-refractivity contribution in [3.63, 3.8) is 0 Å². The molecule has 1 rings (SSSR count).